The molecule has 1 N–H and O–H groups in total. The predicted molar refractivity (Wildman–Crippen MR) is 82.5 cm³/mol. The van der Waals surface area contributed by atoms with E-state index in [0.717, 1.165) is 25.9 Å². The van der Waals surface area contributed by atoms with Crippen molar-refractivity contribution < 1.29 is 9.53 Å². The second-order valence-electron chi connectivity index (χ2n) is 4.52. The molecule has 0 saturated heterocycles. The minimum absolute atomic E-state index is 0.0246. The Morgan fingerprint density at radius 3 is 2.60 bits per heavy atom. The number of amides is 2. The summed E-state index contributed by atoms with van der Waals surface area (Å²) in [6, 6.07) is 7.20. The number of nitrogens with zero attached hydrogens (tertiary/aromatic N) is 1. The fourth-order valence-electron chi connectivity index (χ4n) is 1.85. The maximum atomic E-state index is 11.9. The summed E-state index contributed by atoms with van der Waals surface area (Å²) < 4.78 is 5.52. The van der Waals surface area contributed by atoms with Crippen molar-refractivity contribution in [3.8, 4) is 5.75 Å². The zero-order valence-electron chi connectivity index (χ0n) is 12.2. The molecule has 1 aromatic carbocycles. The Balaban J connectivity index is 2.27. The van der Waals surface area contributed by atoms with Gasteiger partial charge < -0.3 is 15.0 Å². The Kier molecular flexibility index (Phi) is 7.88. The van der Waals surface area contributed by atoms with E-state index in [1.807, 2.05) is 17.0 Å². The number of nitrogens with one attached hydrogen (secondary N) is 1. The number of ether oxygens (including phenoxy) is 1. The fourth-order valence-corrected chi connectivity index (χ4v) is 2.03. The third kappa shape index (κ3) is 6.15. The number of carbonyl (C=O) groups is 1. The molecule has 1 aromatic rings. The minimum Gasteiger partial charge on any atom is -0.492 e. The highest BCUT2D eigenvalue weighted by atomic mass is 35.5. The van der Waals surface area contributed by atoms with Crippen molar-refractivity contribution in [3.05, 3.63) is 29.3 Å². The molecule has 2 amide bonds. The lowest BCUT2D eigenvalue weighted by Gasteiger charge is -2.21. The van der Waals surface area contributed by atoms with Crippen molar-refractivity contribution in [2.75, 3.05) is 26.2 Å². The summed E-state index contributed by atoms with van der Waals surface area (Å²) >= 11 is 5.86. The second kappa shape index (κ2) is 9.48. The van der Waals surface area contributed by atoms with Gasteiger partial charge in [-0.1, -0.05) is 31.5 Å². The first-order valence-electron chi connectivity index (χ1n) is 7.08. The molecule has 0 unspecified atom stereocenters. The van der Waals surface area contributed by atoms with Gasteiger partial charge in [0.1, 0.15) is 12.4 Å². The lowest BCUT2D eigenvalue weighted by molar-refractivity contribution is 0.194. The van der Waals surface area contributed by atoms with Crippen LogP contribution >= 0.6 is 11.6 Å². The van der Waals surface area contributed by atoms with E-state index in [4.69, 9.17) is 16.3 Å². The Morgan fingerprint density at radius 1 is 1.30 bits per heavy atom. The van der Waals surface area contributed by atoms with Crippen molar-refractivity contribution in [2.24, 2.45) is 0 Å². The van der Waals surface area contributed by atoms with Gasteiger partial charge in [-0.25, -0.2) is 4.79 Å². The van der Waals surface area contributed by atoms with Gasteiger partial charge in [0.15, 0.2) is 0 Å². The maximum absolute atomic E-state index is 11.9. The quantitative estimate of drug-likeness (QED) is 0.746. The first kappa shape index (κ1) is 16.6. The van der Waals surface area contributed by atoms with E-state index in [1.54, 1.807) is 12.1 Å². The summed E-state index contributed by atoms with van der Waals surface area (Å²) in [5, 5.41) is 3.51. The Labute approximate surface area is 126 Å². The largest absolute Gasteiger partial charge is 0.492 e. The molecule has 0 bridgehead atoms. The molecule has 0 aromatic heterocycles. The highest BCUT2D eigenvalue weighted by Gasteiger charge is 2.10. The van der Waals surface area contributed by atoms with E-state index in [0.29, 0.717) is 23.9 Å². The van der Waals surface area contributed by atoms with Crippen molar-refractivity contribution >= 4 is 17.6 Å². The molecule has 0 radical (unpaired) electrons. The van der Waals surface area contributed by atoms with Gasteiger partial charge in [0, 0.05) is 18.1 Å². The lowest BCUT2D eigenvalue weighted by Crippen LogP contribution is -2.42. The van der Waals surface area contributed by atoms with Gasteiger partial charge in [-0.2, -0.15) is 0 Å². The molecule has 1 rings (SSSR count). The molecule has 0 aliphatic heterocycles. The number of hydrogen-bond acceptors (Lipinski definition) is 2. The van der Waals surface area contributed by atoms with Crippen LogP contribution in [0, 0.1) is 0 Å². The highest BCUT2D eigenvalue weighted by molar-refractivity contribution is 6.30. The zero-order chi connectivity index (χ0) is 14.8. The average molecular weight is 299 g/mol. The van der Waals surface area contributed by atoms with Crippen LogP contribution in [-0.2, 0) is 0 Å². The molecule has 0 fully saturated rings. The number of halogens is 1. The van der Waals surface area contributed by atoms with Crippen LogP contribution in [0.25, 0.3) is 0 Å². The molecule has 0 aliphatic carbocycles. The van der Waals surface area contributed by atoms with E-state index < -0.39 is 0 Å². The van der Waals surface area contributed by atoms with Crippen LogP contribution in [0.2, 0.25) is 5.02 Å². The van der Waals surface area contributed by atoms with Gasteiger partial charge in [0.25, 0.3) is 0 Å². The Bertz CT molecular complexity index is 407. The lowest BCUT2D eigenvalue weighted by atomic mass is 10.3. The zero-order valence-corrected chi connectivity index (χ0v) is 12.9. The normalized spacial score (nSPS) is 10.2. The van der Waals surface area contributed by atoms with Crippen LogP contribution < -0.4 is 10.1 Å². The second-order valence-corrected chi connectivity index (χ2v) is 4.96. The molecule has 4 nitrogen and oxygen atoms in total. The van der Waals surface area contributed by atoms with Gasteiger partial charge in [-0.05, 0) is 31.0 Å². The van der Waals surface area contributed by atoms with Crippen LogP contribution in [-0.4, -0.2) is 37.2 Å². The Morgan fingerprint density at radius 2 is 2.00 bits per heavy atom. The standard InChI is InChI=1S/C15H23ClN2O2/c1-3-9-18(10-4-2)15(19)17-8-11-20-14-7-5-6-13(16)12-14/h5-7,12H,3-4,8-11H2,1-2H3,(H,17,19). The highest BCUT2D eigenvalue weighted by Crippen LogP contribution is 2.16. The molecule has 112 valence electrons. The number of urea groups is 1. The topological polar surface area (TPSA) is 41.6 Å². The molecule has 0 heterocycles. The number of rotatable bonds is 8. The van der Waals surface area contributed by atoms with Crippen molar-refractivity contribution in [1.29, 1.82) is 0 Å². The van der Waals surface area contributed by atoms with E-state index in [-0.39, 0.29) is 6.03 Å². The summed E-state index contributed by atoms with van der Waals surface area (Å²) in [4.78, 5) is 13.8. The Hall–Kier alpha value is -1.42. The number of benzene rings is 1. The summed E-state index contributed by atoms with van der Waals surface area (Å²) in [7, 11) is 0. The molecule has 20 heavy (non-hydrogen) atoms. The fraction of sp³-hybridized carbons (Fsp3) is 0.533. The van der Waals surface area contributed by atoms with Gasteiger partial charge in [-0.3, -0.25) is 0 Å². The van der Waals surface area contributed by atoms with Gasteiger partial charge in [0.2, 0.25) is 0 Å². The first-order chi connectivity index (χ1) is 9.67. The van der Waals surface area contributed by atoms with Crippen LogP contribution in [0.4, 0.5) is 4.79 Å². The SMILES string of the molecule is CCCN(CCC)C(=O)NCCOc1cccc(Cl)c1. The predicted octanol–water partition coefficient (Wildman–Crippen LogP) is 3.55. The minimum atomic E-state index is -0.0246. The molecule has 5 heteroatoms. The average Bonchev–Trinajstić information content (AvgIpc) is 2.43. The van der Waals surface area contributed by atoms with Gasteiger partial charge in [-0.15, -0.1) is 0 Å². The third-order valence-corrected chi connectivity index (χ3v) is 2.95. The van der Waals surface area contributed by atoms with Crippen LogP contribution in [0.15, 0.2) is 24.3 Å². The summed E-state index contributed by atoms with van der Waals surface area (Å²) in [6.07, 6.45) is 1.93. The molecule has 0 spiro atoms. The maximum Gasteiger partial charge on any atom is 0.317 e. The van der Waals surface area contributed by atoms with Crippen molar-refractivity contribution in [2.45, 2.75) is 26.7 Å². The molecular weight excluding hydrogens is 276 g/mol. The van der Waals surface area contributed by atoms with Crippen molar-refractivity contribution in [3.63, 3.8) is 0 Å². The van der Waals surface area contributed by atoms with E-state index in [1.165, 1.54) is 0 Å². The van der Waals surface area contributed by atoms with E-state index in [9.17, 15) is 4.79 Å². The van der Waals surface area contributed by atoms with E-state index in [2.05, 4.69) is 19.2 Å². The number of carbonyl (C=O) groups excluding carboxylic acids is 1. The molecule has 0 saturated carbocycles. The van der Waals surface area contributed by atoms with Crippen LogP contribution in [0.1, 0.15) is 26.7 Å². The monoisotopic (exact) mass is 298 g/mol. The number of hydrogen-bond donors (Lipinski definition) is 1. The molecular formula is C15H23ClN2O2. The van der Waals surface area contributed by atoms with Crippen LogP contribution in [0.5, 0.6) is 5.75 Å². The summed E-state index contributed by atoms with van der Waals surface area (Å²) in [6.45, 7) is 6.62. The summed E-state index contributed by atoms with van der Waals surface area (Å²) in [5.74, 6) is 0.714. The third-order valence-electron chi connectivity index (χ3n) is 2.72. The van der Waals surface area contributed by atoms with E-state index >= 15 is 0 Å². The van der Waals surface area contributed by atoms with Gasteiger partial charge >= 0.3 is 6.03 Å². The molecule has 0 atom stereocenters. The first-order valence-corrected chi connectivity index (χ1v) is 7.46. The smallest absolute Gasteiger partial charge is 0.317 e. The van der Waals surface area contributed by atoms with Gasteiger partial charge in [0.05, 0.1) is 6.54 Å². The molecule has 0 aliphatic rings. The summed E-state index contributed by atoms with van der Waals surface area (Å²) in [5.41, 5.74) is 0. The van der Waals surface area contributed by atoms with Crippen molar-refractivity contribution in [1.82, 2.24) is 10.2 Å². The van der Waals surface area contributed by atoms with Crippen LogP contribution in [0.3, 0.4) is 0 Å².